The third-order valence-corrected chi connectivity index (χ3v) is 3.62. The Morgan fingerprint density at radius 3 is 2.41 bits per heavy atom. The van der Waals surface area contributed by atoms with Crippen LogP contribution in [0.25, 0.3) is 0 Å². The molecule has 0 aromatic heterocycles. The molecule has 1 unspecified atom stereocenters. The second kappa shape index (κ2) is 6.95. The second-order valence-corrected chi connectivity index (χ2v) is 5.33. The van der Waals surface area contributed by atoms with E-state index in [1.165, 1.54) is 19.2 Å². The topological polar surface area (TPSA) is 36.3 Å². The Labute approximate surface area is 130 Å². The number of ether oxygens (including phenoxy) is 1. The van der Waals surface area contributed by atoms with E-state index in [2.05, 4.69) is 6.07 Å². The highest BCUT2D eigenvalue weighted by atomic mass is 19.1. The quantitative estimate of drug-likeness (QED) is 0.843. The molecule has 0 spiro atoms. The summed E-state index contributed by atoms with van der Waals surface area (Å²) in [7, 11) is 5.48. The number of hydrogen-bond donors (Lipinski definition) is 0. The Hall–Kier alpha value is -2.54. The maximum absolute atomic E-state index is 13.5. The molecular weight excluding hydrogens is 279 g/mol. The fourth-order valence-electron chi connectivity index (χ4n) is 2.37. The van der Waals surface area contributed by atoms with E-state index in [0.717, 1.165) is 11.3 Å². The van der Waals surface area contributed by atoms with Crippen LogP contribution in [-0.4, -0.2) is 21.2 Å². The van der Waals surface area contributed by atoms with E-state index < -0.39 is 5.92 Å². The molecular formula is C18H19FN2O. The minimum atomic E-state index is -0.448. The highest BCUT2D eigenvalue weighted by Gasteiger charge is 2.17. The summed E-state index contributed by atoms with van der Waals surface area (Å²) in [5.74, 6) is -0.271. The van der Waals surface area contributed by atoms with Gasteiger partial charge in [-0.1, -0.05) is 12.1 Å². The third kappa shape index (κ3) is 3.56. The van der Waals surface area contributed by atoms with Gasteiger partial charge < -0.3 is 9.64 Å². The Morgan fingerprint density at radius 2 is 1.86 bits per heavy atom. The van der Waals surface area contributed by atoms with E-state index in [4.69, 9.17) is 4.74 Å². The third-order valence-electron chi connectivity index (χ3n) is 3.62. The monoisotopic (exact) mass is 298 g/mol. The molecule has 4 heteroatoms. The highest BCUT2D eigenvalue weighted by molar-refractivity contribution is 5.47. The molecule has 0 saturated heterocycles. The molecule has 0 aliphatic rings. The summed E-state index contributed by atoms with van der Waals surface area (Å²) in [5.41, 5.74) is 2.71. The lowest BCUT2D eigenvalue weighted by molar-refractivity contribution is 0.406. The number of nitrogens with zero attached hydrogens (tertiary/aromatic N) is 2. The SMILES string of the molecule is COc1ccc(F)cc1C(C#N)Cc1ccc(N(C)C)cc1. The molecule has 2 aromatic carbocycles. The summed E-state index contributed by atoms with van der Waals surface area (Å²) in [6.45, 7) is 0. The minimum absolute atomic E-state index is 0.362. The van der Waals surface area contributed by atoms with E-state index in [-0.39, 0.29) is 5.82 Å². The van der Waals surface area contributed by atoms with Crippen LogP contribution < -0.4 is 9.64 Å². The van der Waals surface area contributed by atoms with Crippen molar-refractivity contribution >= 4 is 5.69 Å². The van der Waals surface area contributed by atoms with E-state index >= 15 is 0 Å². The van der Waals surface area contributed by atoms with E-state index in [1.807, 2.05) is 43.3 Å². The van der Waals surface area contributed by atoms with Gasteiger partial charge in [-0.3, -0.25) is 0 Å². The van der Waals surface area contributed by atoms with Gasteiger partial charge in [0.1, 0.15) is 11.6 Å². The van der Waals surface area contributed by atoms with Crippen molar-refractivity contribution in [3.63, 3.8) is 0 Å². The minimum Gasteiger partial charge on any atom is -0.496 e. The Kier molecular flexibility index (Phi) is 5.00. The lowest BCUT2D eigenvalue weighted by Crippen LogP contribution is -2.08. The lowest BCUT2D eigenvalue weighted by atomic mass is 9.92. The summed E-state index contributed by atoms with van der Waals surface area (Å²) >= 11 is 0. The Balaban J connectivity index is 2.26. The average molecular weight is 298 g/mol. The molecule has 0 N–H and O–H groups in total. The first-order valence-electron chi connectivity index (χ1n) is 7.04. The first-order chi connectivity index (χ1) is 10.5. The van der Waals surface area contributed by atoms with Crippen molar-refractivity contribution in [3.05, 3.63) is 59.4 Å². The largest absolute Gasteiger partial charge is 0.496 e. The van der Waals surface area contributed by atoms with Crippen molar-refractivity contribution < 1.29 is 9.13 Å². The molecule has 2 aromatic rings. The number of benzene rings is 2. The second-order valence-electron chi connectivity index (χ2n) is 5.33. The van der Waals surface area contributed by atoms with Crippen LogP contribution in [0.3, 0.4) is 0 Å². The van der Waals surface area contributed by atoms with E-state index in [9.17, 15) is 9.65 Å². The Morgan fingerprint density at radius 1 is 1.18 bits per heavy atom. The summed E-state index contributed by atoms with van der Waals surface area (Å²) in [6, 6.07) is 14.5. The lowest BCUT2D eigenvalue weighted by Gasteiger charge is -2.15. The van der Waals surface area contributed by atoms with Crippen molar-refractivity contribution in [2.45, 2.75) is 12.3 Å². The number of methoxy groups -OCH3 is 1. The van der Waals surface area contributed by atoms with Gasteiger partial charge in [-0.25, -0.2) is 4.39 Å². The summed E-state index contributed by atoms with van der Waals surface area (Å²) < 4.78 is 18.7. The van der Waals surface area contributed by atoms with Crippen molar-refractivity contribution in [1.29, 1.82) is 5.26 Å². The predicted octanol–water partition coefficient (Wildman–Crippen LogP) is 3.75. The molecule has 0 aliphatic carbocycles. The van der Waals surface area contributed by atoms with Gasteiger partial charge >= 0.3 is 0 Å². The van der Waals surface area contributed by atoms with Gasteiger partial charge in [0.15, 0.2) is 0 Å². The van der Waals surface area contributed by atoms with E-state index in [0.29, 0.717) is 17.7 Å². The number of anilines is 1. The zero-order chi connectivity index (χ0) is 16.1. The average Bonchev–Trinajstić information content (AvgIpc) is 2.53. The fourth-order valence-corrected chi connectivity index (χ4v) is 2.37. The van der Waals surface area contributed by atoms with Crippen LogP contribution in [0.15, 0.2) is 42.5 Å². The highest BCUT2D eigenvalue weighted by Crippen LogP contribution is 2.30. The molecule has 0 saturated carbocycles. The van der Waals surface area contributed by atoms with Gasteiger partial charge in [0, 0.05) is 25.3 Å². The smallest absolute Gasteiger partial charge is 0.123 e. The maximum Gasteiger partial charge on any atom is 0.123 e. The van der Waals surface area contributed by atoms with Gasteiger partial charge in [-0.15, -0.1) is 0 Å². The van der Waals surface area contributed by atoms with Gasteiger partial charge in [0.05, 0.1) is 19.1 Å². The van der Waals surface area contributed by atoms with Crippen LogP contribution in [0.4, 0.5) is 10.1 Å². The standard InChI is InChI=1S/C18H19FN2O/c1-21(2)16-7-4-13(5-8-16)10-14(12-20)17-11-15(19)6-9-18(17)22-3/h4-9,11,14H,10H2,1-3H3. The molecule has 1 atom stereocenters. The molecule has 0 fully saturated rings. The maximum atomic E-state index is 13.5. The first kappa shape index (κ1) is 15.8. The van der Waals surface area contributed by atoms with Crippen LogP contribution in [0.5, 0.6) is 5.75 Å². The molecule has 0 bridgehead atoms. The predicted molar refractivity (Wildman–Crippen MR) is 85.8 cm³/mol. The molecule has 0 radical (unpaired) electrons. The normalized spacial score (nSPS) is 11.6. The van der Waals surface area contributed by atoms with Crippen LogP contribution >= 0.6 is 0 Å². The molecule has 3 nitrogen and oxygen atoms in total. The van der Waals surface area contributed by atoms with Crippen molar-refractivity contribution in [1.82, 2.24) is 0 Å². The van der Waals surface area contributed by atoms with Gasteiger partial charge in [-0.05, 0) is 42.3 Å². The number of nitriles is 1. The molecule has 22 heavy (non-hydrogen) atoms. The van der Waals surface area contributed by atoms with Crippen molar-refractivity contribution in [2.75, 3.05) is 26.1 Å². The van der Waals surface area contributed by atoms with Gasteiger partial charge in [-0.2, -0.15) is 5.26 Å². The van der Waals surface area contributed by atoms with Crippen LogP contribution in [-0.2, 0) is 6.42 Å². The van der Waals surface area contributed by atoms with Crippen LogP contribution in [0, 0.1) is 17.1 Å². The van der Waals surface area contributed by atoms with Crippen molar-refractivity contribution in [3.8, 4) is 11.8 Å². The molecule has 0 heterocycles. The van der Waals surface area contributed by atoms with Gasteiger partial charge in [0.2, 0.25) is 0 Å². The number of halogens is 1. The van der Waals surface area contributed by atoms with Crippen LogP contribution in [0.2, 0.25) is 0 Å². The molecule has 0 aliphatic heterocycles. The summed E-state index contributed by atoms with van der Waals surface area (Å²) in [5, 5.41) is 9.46. The van der Waals surface area contributed by atoms with E-state index in [1.54, 1.807) is 6.07 Å². The zero-order valence-electron chi connectivity index (χ0n) is 13.0. The summed E-state index contributed by atoms with van der Waals surface area (Å²) in [6.07, 6.45) is 0.518. The first-order valence-corrected chi connectivity index (χ1v) is 7.04. The number of rotatable bonds is 5. The van der Waals surface area contributed by atoms with Gasteiger partial charge in [0.25, 0.3) is 0 Å². The molecule has 2 rings (SSSR count). The fraction of sp³-hybridized carbons (Fsp3) is 0.278. The van der Waals surface area contributed by atoms with Crippen molar-refractivity contribution in [2.24, 2.45) is 0 Å². The summed E-state index contributed by atoms with van der Waals surface area (Å²) in [4.78, 5) is 2.02. The molecule has 114 valence electrons. The number of hydrogen-bond acceptors (Lipinski definition) is 3. The molecule has 0 amide bonds. The Bertz CT molecular complexity index is 674. The zero-order valence-corrected chi connectivity index (χ0v) is 13.0. The van der Waals surface area contributed by atoms with Crippen LogP contribution in [0.1, 0.15) is 17.0 Å².